The topological polar surface area (TPSA) is 132 Å². The Balaban J connectivity index is 1.27. The number of amides is 2. The van der Waals surface area contributed by atoms with Gasteiger partial charge in [-0.15, -0.1) is 0 Å². The van der Waals surface area contributed by atoms with Crippen molar-refractivity contribution in [3.05, 3.63) is 96.3 Å². The molecule has 0 unspecified atom stereocenters. The Kier molecular flexibility index (Phi) is 8.52. The van der Waals surface area contributed by atoms with Crippen LogP contribution in [0.2, 0.25) is 0 Å². The van der Waals surface area contributed by atoms with Gasteiger partial charge in [0.05, 0.1) is 10.5 Å². The predicted molar refractivity (Wildman–Crippen MR) is 144 cm³/mol. The Labute approximate surface area is 221 Å². The molecule has 1 fully saturated rings. The lowest BCUT2D eigenvalue weighted by atomic mass is 10.1. The number of carboxylic acid groups (broad SMARTS) is 1. The van der Waals surface area contributed by atoms with Crippen LogP contribution >= 0.6 is 0 Å². The number of piperazine rings is 1. The number of carbonyl (C=O) groups is 2. The monoisotopic (exact) mass is 535 g/mol. The van der Waals surface area contributed by atoms with E-state index in [9.17, 15) is 18.0 Å². The normalized spacial score (nSPS) is 14.5. The molecule has 3 N–H and O–H groups in total. The highest BCUT2D eigenvalue weighted by Gasteiger charge is 2.28. The summed E-state index contributed by atoms with van der Waals surface area (Å²) in [6.07, 6.45) is 3.32. The van der Waals surface area contributed by atoms with Crippen molar-refractivity contribution in [2.24, 2.45) is 0 Å². The lowest BCUT2D eigenvalue weighted by molar-refractivity contribution is -0.130. The fourth-order valence-corrected chi connectivity index (χ4v) is 5.46. The lowest BCUT2D eigenvalue weighted by Gasteiger charge is -2.34. The van der Waals surface area contributed by atoms with Crippen LogP contribution in [0.15, 0.2) is 84.5 Å². The number of sulfonamides is 1. The highest BCUT2D eigenvalue weighted by Crippen LogP contribution is 2.21. The van der Waals surface area contributed by atoms with Crippen molar-refractivity contribution in [2.45, 2.75) is 18.0 Å². The van der Waals surface area contributed by atoms with Crippen molar-refractivity contribution >= 4 is 33.3 Å². The second kappa shape index (κ2) is 12.0. The van der Waals surface area contributed by atoms with Gasteiger partial charge in [0.15, 0.2) is 0 Å². The number of anilines is 1. The molecule has 38 heavy (non-hydrogen) atoms. The molecule has 0 bridgehead atoms. The molecule has 0 atom stereocenters. The summed E-state index contributed by atoms with van der Waals surface area (Å²) in [6.45, 7) is 6.37. The van der Waals surface area contributed by atoms with Crippen molar-refractivity contribution < 1.29 is 23.1 Å². The highest BCUT2D eigenvalue weighted by atomic mass is 32.2. The maximum absolute atomic E-state index is 13.1. The van der Waals surface area contributed by atoms with Gasteiger partial charge < -0.3 is 15.7 Å². The third kappa shape index (κ3) is 6.82. The predicted octanol–water partition coefficient (Wildman–Crippen LogP) is 3.01. The van der Waals surface area contributed by atoms with Gasteiger partial charge in [0.25, 0.3) is 0 Å². The summed E-state index contributed by atoms with van der Waals surface area (Å²) in [5, 5.41) is 14.5. The first kappa shape index (κ1) is 27.0. The van der Waals surface area contributed by atoms with Gasteiger partial charge in [0.2, 0.25) is 10.0 Å². The molecule has 3 aromatic rings. The molecule has 11 heteroatoms. The quantitative estimate of drug-likeness (QED) is 0.359. The zero-order valence-corrected chi connectivity index (χ0v) is 21.5. The van der Waals surface area contributed by atoms with Crippen LogP contribution in [0, 0.1) is 0 Å². The average molecular weight is 536 g/mol. The minimum Gasteiger partial charge on any atom is -0.478 e. The van der Waals surface area contributed by atoms with E-state index in [1.54, 1.807) is 42.7 Å². The summed E-state index contributed by atoms with van der Waals surface area (Å²) >= 11 is 0. The highest BCUT2D eigenvalue weighted by molar-refractivity contribution is 7.89. The summed E-state index contributed by atoms with van der Waals surface area (Å²) in [6, 6.07) is 16.5. The minimum absolute atomic E-state index is 0.0447. The Bertz CT molecular complexity index is 1390. The first-order valence-electron chi connectivity index (χ1n) is 12.0. The Hall–Kier alpha value is -4.06. The van der Waals surface area contributed by atoms with Crippen LogP contribution in [0.4, 0.5) is 10.5 Å². The largest absolute Gasteiger partial charge is 0.478 e. The van der Waals surface area contributed by atoms with Crippen LogP contribution in [-0.2, 0) is 27.9 Å². The van der Waals surface area contributed by atoms with Gasteiger partial charge in [0.1, 0.15) is 0 Å². The molecule has 1 aliphatic heterocycles. The molecule has 2 aromatic carbocycles. The van der Waals surface area contributed by atoms with Crippen LogP contribution < -0.4 is 10.6 Å². The van der Waals surface area contributed by atoms with Crippen molar-refractivity contribution in [3.8, 4) is 0 Å². The number of aromatic nitrogens is 1. The number of urea groups is 1. The van der Waals surface area contributed by atoms with Crippen molar-refractivity contribution in [1.29, 1.82) is 0 Å². The summed E-state index contributed by atoms with van der Waals surface area (Å²) < 4.78 is 27.8. The first-order valence-corrected chi connectivity index (χ1v) is 13.4. The van der Waals surface area contributed by atoms with Gasteiger partial charge >= 0.3 is 12.0 Å². The van der Waals surface area contributed by atoms with E-state index in [1.807, 2.05) is 18.2 Å². The third-order valence-electron chi connectivity index (χ3n) is 6.22. The van der Waals surface area contributed by atoms with Crippen LogP contribution in [0.3, 0.4) is 0 Å². The second-order valence-electron chi connectivity index (χ2n) is 8.85. The number of hydrogen-bond acceptors (Lipinski definition) is 6. The molecule has 10 nitrogen and oxygen atoms in total. The van der Waals surface area contributed by atoms with Crippen molar-refractivity contribution in [3.63, 3.8) is 0 Å². The molecular formula is C27H29N5O5S. The number of nitrogens with one attached hydrogen (secondary N) is 2. The van der Waals surface area contributed by atoms with Gasteiger partial charge in [-0.2, -0.15) is 4.31 Å². The molecule has 1 saturated heterocycles. The summed E-state index contributed by atoms with van der Waals surface area (Å²) in [4.78, 5) is 29.5. The fourth-order valence-electron chi connectivity index (χ4n) is 4.04. The average Bonchev–Trinajstić information content (AvgIpc) is 2.93. The van der Waals surface area contributed by atoms with Crippen LogP contribution in [0.5, 0.6) is 0 Å². The summed E-state index contributed by atoms with van der Waals surface area (Å²) in [7, 11) is -3.67. The molecule has 1 aliphatic rings. The van der Waals surface area contributed by atoms with E-state index < -0.39 is 22.0 Å². The number of nitrogens with zero attached hydrogens (tertiary/aromatic N) is 3. The Morgan fingerprint density at radius 1 is 0.947 bits per heavy atom. The van der Waals surface area contributed by atoms with E-state index in [1.165, 1.54) is 16.4 Å². The molecule has 4 rings (SSSR count). The summed E-state index contributed by atoms with van der Waals surface area (Å²) in [5.41, 5.74) is 2.96. The van der Waals surface area contributed by atoms with E-state index in [0.717, 1.165) is 11.1 Å². The number of rotatable bonds is 9. The van der Waals surface area contributed by atoms with E-state index in [4.69, 9.17) is 5.11 Å². The van der Waals surface area contributed by atoms with Gasteiger partial charge in [-0.3, -0.25) is 9.88 Å². The third-order valence-corrected chi connectivity index (χ3v) is 8.14. The van der Waals surface area contributed by atoms with E-state index in [0.29, 0.717) is 50.5 Å². The number of carbonyl (C=O) groups excluding carboxylic acids is 1. The zero-order valence-electron chi connectivity index (χ0n) is 20.7. The molecule has 0 aliphatic carbocycles. The van der Waals surface area contributed by atoms with Crippen molar-refractivity contribution in [1.82, 2.24) is 19.5 Å². The molecule has 1 aromatic heterocycles. The maximum Gasteiger partial charge on any atom is 0.335 e. The molecular weight excluding hydrogens is 506 g/mol. The number of carboxylic acids is 1. The first-order chi connectivity index (χ1) is 18.2. The van der Waals surface area contributed by atoms with Gasteiger partial charge in [0, 0.05) is 57.3 Å². The molecule has 2 amide bonds. The molecule has 0 saturated carbocycles. The lowest BCUT2D eigenvalue weighted by Crippen LogP contribution is -2.48. The van der Waals surface area contributed by atoms with Crippen LogP contribution in [0.1, 0.15) is 16.7 Å². The van der Waals surface area contributed by atoms with Crippen LogP contribution in [0.25, 0.3) is 5.57 Å². The van der Waals surface area contributed by atoms with E-state index in [2.05, 4.69) is 27.1 Å². The van der Waals surface area contributed by atoms with Crippen molar-refractivity contribution in [2.75, 3.05) is 31.5 Å². The maximum atomic E-state index is 13.1. The van der Waals surface area contributed by atoms with Crippen LogP contribution in [-0.4, -0.2) is 65.9 Å². The fraction of sp³-hybridized carbons (Fsp3) is 0.222. The standard InChI is InChI=1S/C27H29N5O5S/c1-20(26(33)34)23-6-4-21(5-7-23)19-31-13-15-32(16-14-31)38(36,37)25-10-8-24(9-11-25)30-27(35)29-18-22-3-2-12-28-17-22/h2-12,17H,1,13-16,18-19H2,(H,33,34)(H2,29,30,35). The van der Waals surface area contributed by atoms with Gasteiger partial charge in [-0.1, -0.05) is 36.9 Å². The Morgan fingerprint density at radius 2 is 1.63 bits per heavy atom. The number of hydrogen-bond donors (Lipinski definition) is 3. The molecule has 2 heterocycles. The van der Waals surface area contributed by atoms with E-state index >= 15 is 0 Å². The molecule has 0 spiro atoms. The second-order valence-corrected chi connectivity index (χ2v) is 10.8. The molecule has 0 radical (unpaired) electrons. The molecule has 198 valence electrons. The zero-order chi connectivity index (χ0) is 27.1. The van der Waals surface area contributed by atoms with E-state index in [-0.39, 0.29) is 10.5 Å². The smallest absolute Gasteiger partial charge is 0.335 e. The van der Waals surface area contributed by atoms with Gasteiger partial charge in [-0.25, -0.2) is 18.0 Å². The van der Waals surface area contributed by atoms with Gasteiger partial charge in [-0.05, 0) is 47.0 Å². The Morgan fingerprint density at radius 3 is 2.24 bits per heavy atom. The minimum atomic E-state index is -3.67. The SMILES string of the molecule is C=C(C(=O)O)c1ccc(CN2CCN(S(=O)(=O)c3ccc(NC(=O)NCc4cccnc4)cc3)CC2)cc1. The number of benzene rings is 2. The number of aliphatic carboxylic acids is 1. The number of pyridine rings is 1. The summed E-state index contributed by atoms with van der Waals surface area (Å²) in [5.74, 6) is -1.05.